The van der Waals surface area contributed by atoms with Crippen molar-refractivity contribution in [2.75, 3.05) is 13.1 Å². The topological polar surface area (TPSA) is 51.7 Å². The van der Waals surface area contributed by atoms with Gasteiger partial charge in [0.1, 0.15) is 11.4 Å². The highest BCUT2D eigenvalue weighted by molar-refractivity contribution is 5.75. The number of likely N-dealkylation sites (tertiary alicyclic amines) is 1. The molecule has 0 spiro atoms. The minimum atomic E-state index is -0.722. The maximum absolute atomic E-state index is 12.3. The highest BCUT2D eigenvalue weighted by atomic mass is 16.6. The molecule has 21 heavy (non-hydrogen) atoms. The number of rotatable bonds is 5. The molecule has 1 atom stereocenters. The first-order valence-electron chi connectivity index (χ1n) is 7.10. The summed E-state index contributed by atoms with van der Waals surface area (Å²) in [6.45, 7) is 10.9. The molecule has 0 aliphatic carbocycles. The quantitative estimate of drug-likeness (QED) is 0.780. The molecule has 5 heteroatoms. The first-order valence-corrected chi connectivity index (χ1v) is 7.10. The molecule has 0 amide bonds. The van der Waals surface area contributed by atoms with Crippen molar-refractivity contribution in [1.82, 2.24) is 9.88 Å². The summed E-state index contributed by atoms with van der Waals surface area (Å²) in [5.41, 5.74) is 0.309. The smallest absolute Gasteiger partial charge is 0.363 e. The molecule has 0 saturated carbocycles. The van der Waals surface area contributed by atoms with Crippen molar-refractivity contribution in [1.29, 1.82) is 0 Å². The van der Waals surface area contributed by atoms with Crippen LogP contribution in [-0.4, -0.2) is 40.8 Å². The third-order valence-electron chi connectivity index (χ3n) is 3.05. The summed E-state index contributed by atoms with van der Waals surface area (Å²) in [4.78, 5) is 18.4. The molecule has 0 radical (unpaired) electrons. The Hall–Kier alpha value is -1.88. The zero-order valence-electron chi connectivity index (χ0n) is 12.8. The third-order valence-corrected chi connectivity index (χ3v) is 3.05. The lowest BCUT2D eigenvalue weighted by Crippen LogP contribution is -2.53. The Kier molecular flexibility index (Phi) is 4.63. The Bertz CT molecular complexity index is 518. The average molecular weight is 290 g/mol. The second-order valence-corrected chi connectivity index (χ2v) is 6.05. The Morgan fingerprint density at radius 2 is 2.14 bits per heavy atom. The molecule has 2 heterocycles. The fraction of sp³-hybridized carbons (Fsp3) is 0.500. The molecule has 1 aromatic rings. The van der Waals surface area contributed by atoms with Crippen molar-refractivity contribution in [3.05, 3.63) is 30.6 Å². The number of carbonyl (C=O) groups is 1. The van der Waals surface area contributed by atoms with Crippen LogP contribution >= 0.6 is 0 Å². The van der Waals surface area contributed by atoms with E-state index < -0.39 is 11.8 Å². The number of nitrogens with zero attached hydrogens (tertiary/aromatic N) is 2. The molecule has 114 valence electrons. The molecule has 0 N–H and O–H groups in total. The molecule has 1 unspecified atom stereocenters. The molecule has 1 aliphatic heterocycles. The molecule has 1 aromatic heterocycles. The maximum Gasteiger partial charge on any atom is 0.363 e. The molecule has 1 aliphatic rings. The second kappa shape index (κ2) is 6.26. The van der Waals surface area contributed by atoms with Gasteiger partial charge in [-0.3, -0.25) is 9.88 Å². The van der Waals surface area contributed by atoms with Gasteiger partial charge in [-0.15, -0.1) is 0 Å². The van der Waals surface area contributed by atoms with Crippen LogP contribution in [0.25, 0.3) is 6.08 Å². The van der Waals surface area contributed by atoms with E-state index in [0.29, 0.717) is 5.75 Å². The maximum atomic E-state index is 12.3. The number of hydrogen-bond acceptors (Lipinski definition) is 5. The standard InChI is InChI=1S/C16H22N2O3/c1-5-12-9-13(11-17-10-12)20-14(18-7-6-8-18)15(19)21-16(2,3)4/h5,9-11,14H,1,6-8H2,2-4H3. The van der Waals surface area contributed by atoms with E-state index in [2.05, 4.69) is 11.6 Å². The normalized spacial score (nSPS) is 16.7. The van der Waals surface area contributed by atoms with Gasteiger partial charge in [-0.25, -0.2) is 4.79 Å². The van der Waals surface area contributed by atoms with Crippen LogP contribution in [0.1, 0.15) is 32.8 Å². The van der Waals surface area contributed by atoms with Crippen molar-refractivity contribution in [3.8, 4) is 5.75 Å². The SMILES string of the molecule is C=Cc1cncc(OC(C(=O)OC(C)(C)C)N2CCC2)c1. The second-order valence-electron chi connectivity index (χ2n) is 6.05. The highest BCUT2D eigenvalue weighted by Crippen LogP contribution is 2.21. The number of ether oxygens (including phenoxy) is 2. The number of hydrogen-bond donors (Lipinski definition) is 0. The van der Waals surface area contributed by atoms with Gasteiger partial charge in [0.25, 0.3) is 6.23 Å². The van der Waals surface area contributed by atoms with Gasteiger partial charge in [0, 0.05) is 19.3 Å². The van der Waals surface area contributed by atoms with E-state index in [4.69, 9.17) is 9.47 Å². The molecule has 1 fully saturated rings. The van der Waals surface area contributed by atoms with Gasteiger partial charge in [-0.2, -0.15) is 0 Å². The van der Waals surface area contributed by atoms with Crippen LogP contribution in [0.2, 0.25) is 0 Å². The summed E-state index contributed by atoms with van der Waals surface area (Å²) in [6.07, 6.45) is 5.30. The monoisotopic (exact) mass is 290 g/mol. The van der Waals surface area contributed by atoms with Gasteiger partial charge in [0.2, 0.25) is 0 Å². The van der Waals surface area contributed by atoms with Crippen molar-refractivity contribution < 1.29 is 14.3 Å². The Labute approximate surface area is 125 Å². The molecule has 0 bridgehead atoms. The van der Waals surface area contributed by atoms with Crippen LogP contribution in [0.15, 0.2) is 25.0 Å². The minimum absolute atomic E-state index is 0.369. The van der Waals surface area contributed by atoms with Crippen LogP contribution in [0.5, 0.6) is 5.75 Å². The van der Waals surface area contributed by atoms with E-state index in [1.54, 1.807) is 24.5 Å². The summed E-state index contributed by atoms with van der Waals surface area (Å²) in [5.74, 6) is 0.168. The van der Waals surface area contributed by atoms with E-state index in [1.165, 1.54) is 0 Å². The molecule has 2 rings (SSSR count). The zero-order valence-corrected chi connectivity index (χ0v) is 12.8. The van der Waals surface area contributed by atoms with Gasteiger partial charge in [-0.1, -0.05) is 12.7 Å². The van der Waals surface area contributed by atoms with Crippen LogP contribution in [0.4, 0.5) is 0 Å². The van der Waals surface area contributed by atoms with Gasteiger partial charge in [0.05, 0.1) is 6.20 Å². The Morgan fingerprint density at radius 1 is 1.43 bits per heavy atom. The Balaban J connectivity index is 2.12. The summed E-state index contributed by atoms with van der Waals surface area (Å²) in [5, 5.41) is 0. The predicted octanol–water partition coefficient (Wildman–Crippen LogP) is 2.48. The predicted molar refractivity (Wildman–Crippen MR) is 80.8 cm³/mol. The first-order chi connectivity index (χ1) is 9.89. The van der Waals surface area contributed by atoms with E-state index in [9.17, 15) is 4.79 Å². The van der Waals surface area contributed by atoms with E-state index in [0.717, 1.165) is 25.1 Å². The highest BCUT2D eigenvalue weighted by Gasteiger charge is 2.35. The minimum Gasteiger partial charge on any atom is -0.462 e. The van der Waals surface area contributed by atoms with Crippen molar-refractivity contribution in [3.63, 3.8) is 0 Å². The molecule has 1 saturated heterocycles. The zero-order chi connectivity index (χ0) is 15.5. The molecular formula is C16H22N2O3. The van der Waals surface area contributed by atoms with Gasteiger partial charge >= 0.3 is 5.97 Å². The van der Waals surface area contributed by atoms with Gasteiger partial charge < -0.3 is 9.47 Å². The van der Waals surface area contributed by atoms with E-state index in [-0.39, 0.29) is 5.97 Å². The van der Waals surface area contributed by atoms with E-state index in [1.807, 2.05) is 25.7 Å². The number of pyridine rings is 1. The molecule has 0 aromatic carbocycles. The summed E-state index contributed by atoms with van der Waals surface area (Å²) >= 11 is 0. The lowest BCUT2D eigenvalue weighted by atomic mass is 10.2. The third kappa shape index (κ3) is 4.29. The van der Waals surface area contributed by atoms with Crippen molar-refractivity contribution in [2.45, 2.75) is 39.0 Å². The summed E-state index contributed by atoms with van der Waals surface area (Å²) in [6, 6.07) is 1.80. The lowest BCUT2D eigenvalue weighted by molar-refractivity contribution is -0.176. The van der Waals surface area contributed by atoms with E-state index >= 15 is 0 Å². The average Bonchev–Trinajstić information content (AvgIpc) is 2.34. The largest absolute Gasteiger partial charge is 0.462 e. The lowest BCUT2D eigenvalue weighted by Gasteiger charge is -2.37. The number of aromatic nitrogens is 1. The summed E-state index contributed by atoms with van der Waals surface area (Å²) < 4.78 is 11.2. The van der Waals surface area contributed by atoms with Gasteiger partial charge in [0.15, 0.2) is 0 Å². The first kappa shape index (κ1) is 15.5. The number of esters is 1. The van der Waals surface area contributed by atoms with Crippen LogP contribution in [0, 0.1) is 0 Å². The van der Waals surface area contributed by atoms with Crippen molar-refractivity contribution in [2.24, 2.45) is 0 Å². The molecule has 5 nitrogen and oxygen atoms in total. The van der Waals surface area contributed by atoms with Crippen LogP contribution in [-0.2, 0) is 9.53 Å². The Morgan fingerprint density at radius 3 is 2.67 bits per heavy atom. The number of carbonyl (C=O) groups excluding carboxylic acids is 1. The summed E-state index contributed by atoms with van der Waals surface area (Å²) in [7, 11) is 0. The fourth-order valence-electron chi connectivity index (χ4n) is 1.94. The van der Waals surface area contributed by atoms with Crippen molar-refractivity contribution >= 4 is 12.0 Å². The fourth-order valence-corrected chi connectivity index (χ4v) is 1.94. The van der Waals surface area contributed by atoms with Crippen LogP contribution in [0.3, 0.4) is 0 Å². The van der Waals surface area contributed by atoms with Gasteiger partial charge in [-0.05, 0) is 38.8 Å². The molecular weight excluding hydrogens is 268 g/mol. The van der Waals surface area contributed by atoms with Crippen LogP contribution < -0.4 is 4.74 Å².